The lowest BCUT2D eigenvalue weighted by Crippen LogP contribution is -2.53. The number of esters is 1. The second kappa shape index (κ2) is 6.54. The molecule has 5 nitrogen and oxygen atoms in total. The van der Waals surface area contributed by atoms with E-state index in [1.807, 2.05) is 6.92 Å². The zero-order valence-electron chi connectivity index (χ0n) is 13.4. The number of ether oxygens (including phenoxy) is 1. The highest BCUT2D eigenvalue weighted by Crippen LogP contribution is 2.39. The van der Waals surface area contributed by atoms with E-state index in [-0.39, 0.29) is 11.9 Å². The average molecular weight is 323 g/mol. The van der Waals surface area contributed by atoms with Gasteiger partial charge in [-0.2, -0.15) is 0 Å². The summed E-state index contributed by atoms with van der Waals surface area (Å²) in [6.45, 7) is 6.41. The molecule has 0 aromatic carbocycles. The van der Waals surface area contributed by atoms with Crippen molar-refractivity contribution >= 4 is 22.4 Å². The third-order valence-electron chi connectivity index (χ3n) is 4.83. The Morgan fingerprint density at radius 2 is 2.27 bits per heavy atom. The summed E-state index contributed by atoms with van der Waals surface area (Å²) in [5, 5.41) is 0.674. The number of hydrogen-bond acceptors (Lipinski definition) is 6. The summed E-state index contributed by atoms with van der Waals surface area (Å²) >= 11 is 1.63. The summed E-state index contributed by atoms with van der Waals surface area (Å²) in [5.74, 6) is 0.458. The van der Waals surface area contributed by atoms with Crippen molar-refractivity contribution in [2.75, 3.05) is 25.4 Å². The van der Waals surface area contributed by atoms with E-state index in [0.29, 0.717) is 23.7 Å². The largest absolute Gasteiger partial charge is 0.466 e. The van der Waals surface area contributed by atoms with Crippen molar-refractivity contribution in [2.45, 2.75) is 45.6 Å². The third-order valence-corrected chi connectivity index (χ3v) is 5.78. The van der Waals surface area contributed by atoms with Crippen LogP contribution in [-0.2, 0) is 22.4 Å². The Hall–Kier alpha value is -1.14. The highest BCUT2D eigenvalue weighted by Gasteiger charge is 2.42. The lowest BCUT2D eigenvalue weighted by Gasteiger charge is -2.46. The zero-order valence-corrected chi connectivity index (χ0v) is 14.2. The first-order valence-corrected chi connectivity index (χ1v) is 9.08. The highest BCUT2D eigenvalue weighted by atomic mass is 32.1. The minimum absolute atomic E-state index is 0.00489. The number of carbonyl (C=O) groups excluding carboxylic acids is 1. The number of nitrogens with two attached hydrogens (primary N) is 1. The van der Waals surface area contributed by atoms with Gasteiger partial charge in [0.25, 0.3) is 0 Å². The Morgan fingerprint density at radius 1 is 1.45 bits per heavy atom. The number of thiazole rings is 1. The van der Waals surface area contributed by atoms with E-state index in [1.54, 1.807) is 11.3 Å². The molecule has 0 saturated carbocycles. The number of piperidine rings is 1. The number of likely N-dealkylation sites (tertiary alicyclic amines) is 1. The SMILES string of the molecule is CCCN1C[C@H](C(=O)OCC)C[C@@H]2Cc3nc(N)sc3C[C@H]21. The smallest absolute Gasteiger partial charge is 0.310 e. The van der Waals surface area contributed by atoms with Crippen LogP contribution >= 0.6 is 11.3 Å². The number of nitrogen functional groups attached to an aromatic ring is 1. The van der Waals surface area contributed by atoms with Crippen molar-refractivity contribution in [2.24, 2.45) is 11.8 Å². The molecule has 1 aromatic heterocycles. The molecule has 2 aliphatic rings. The van der Waals surface area contributed by atoms with Gasteiger partial charge < -0.3 is 10.5 Å². The van der Waals surface area contributed by atoms with Gasteiger partial charge in [0.15, 0.2) is 5.13 Å². The quantitative estimate of drug-likeness (QED) is 0.860. The molecule has 3 rings (SSSR count). The van der Waals surface area contributed by atoms with Gasteiger partial charge in [-0.15, -0.1) is 11.3 Å². The lowest BCUT2D eigenvalue weighted by atomic mass is 9.75. The fourth-order valence-corrected chi connectivity index (χ4v) is 4.87. The summed E-state index contributed by atoms with van der Waals surface area (Å²) in [5.41, 5.74) is 7.03. The van der Waals surface area contributed by atoms with Gasteiger partial charge >= 0.3 is 5.97 Å². The monoisotopic (exact) mass is 323 g/mol. The number of carbonyl (C=O) groups is 1. The van der Waals surface area contributed by atoms with Crippen LogP contribution in [0.25, 0.3) is 0 Å². The molecule has 2 heterocycles. The first-order chi connectivity index (χ1) is 10.6. The van der Waals surface area contributed by atoms with Gasteiger partial charge in [-0.25, -0.2) is 4.98 Å². The molecule has 22 heavy (non-hydrogen) atoms. The second-order valence-corrected chi connectivity index (χ2v) is 7.45. The standard InChI is InChI=1S/C16H25N3O2S/c1-3-5-19-9-11(15(20)21-4-2)6-10-7-12-14(8-13(10)19)22-16(17)18-12/h10-11,13H,3-9H2,1-2H3,(H2,17,18)/t10-,11-,13-/m1/s1. The van der Waals surface area contributed by atoms with Crippen LogP contribution in [0, 0.1) is 11.8 Å². The molecule has 6 heteroatoms. The van der Waals surface area contributed by atoms with Crippen molar-refractivity contribution in [3.63, 3.8) is 0 Å². The molecule has 1 aromatic rings. The van der Waals surface area contributed by atoms with Gasteiger partial charge in [-0.05, 0) is 45.1 Å². The highest BCUT2D eigenvalue weighted by molar-refractivity contribution is 7.15. The Balaban J connectivity index is 1.80. The molecule has 1 fully saturated rings. The Labute approximate surface area is 135 Å². The second-order valence-electron chi connectivity index (χ2n) is 6.34. The van der Waals surface area contributed by atoms with E-state index in [1.165, 1.54) is 4.88 Å². The maximum Gasteiger partial charge on any atom is 0.310 e. The predicted molar refractivity (Wildman–Crippen MR) is 87.8 cm³/mol. The number of hydrogen-bond donors (Lipinski definition) is 1. The number of fused-ring (bicyclic) bond motifs is 2. The average Bonchev–Trinajstić information content (AvgIpc) is 2.84. The van der Waals surface area contributed by atoms with E-state index in [4.69, 9.17) is 10.5 Å². The maximum atomic E-state index is 12.2. The van der Waals surface area contributed by atoms with E-state index in [0.717, 1.165) is 44.5 Å². The van der Waals surface area contributed by atoms with Crippen LogP contribution in [0.2, 0.25) is 0 Å². The number of nitrogens with zero attached hydrogens (tertiary/aromatic N) is 2. The fraction of sp³-hybridized carbons (Fsp3) is 0.750. The lowest BCUT2D eigenvalue weighted by molar-refractivity contribution is -0.152. The summed E-state index contributed by atoms with van der Waals surface area (Å²) in [6.07, 6.45) is 4.01. The van der Waals surface area contributed by atoms with Gasteiger partial charge in [0, 0.05) is 17.5 Å². The number of anilines is 1. The first-order valence-electron chi connectivity index (χ1n) is 8.27. The summed E-state index contributed by atoms with van der Waals surface area (Å²) < 4.78 is 5.26. The van der Waals surface area contributed by atoms with Crippen LogP contribution in [0.1, 0.15) is 37.3 Å². The fourth-order valence-electron chi connectivity index (χ4n) is 3.96. The van der Waals surface area contributed by atoms with Crippen molar-refractivity contribution in [1.82, 2.24) is 9.88 Å². The molecule has 1 aliphatic heterocycles. The molecule has 122 valence electrons. The molecule has 0 bridgehead atoms. The van der Waals surface area contributed by atoms with Gasteiger partial charge in [0.2, 0.25) is 0 Å². The molecular formula is C16H25N3O2S. The van der Waals surface area contributed by atoms with Gasteiger partial charge in [0.1, 0.15) is 0 Å². The topological polar surface area (TPSA) is 68.5 Å². The van der Waals surface area contributed by atoms with Crippen molar-refractivity contribution in [3.05, 3.63) is 10.6 Å². The van der Waals surface area contributed by atoms with Crippen LogP contribution in [-0.4, -0.2) is 41.6 Å². The Kier molecular flexibility index (Phi) is 4.68. The van der Waals surface area contributed by atoms with E-state index >= 15 is 0 Å². The van der Waals surface area contributed by atoms with Crippen molar-refractivity contribution in [1.29, 1.82) is 0 Å². The minimum atomic E-state index is -0.0364. The van der Waals surface area contributed by atoms with E-state index in [9.17, 15) is 4.79 Å². The number of rotatable bonds is 4. The molecule has 0 amide bonds. The van der Waals surface area contributed by atoms with E-state index < -0.39 is 0 Å². The zero-order chi connectivity index (χ0) is 15.7. The van der Waals surface area contributed by atoms with Crippen LogP contribution in [0.15, 0.2) is 0 Å². The molecule has 1 saturated heterocycles. The summed E-state index contributed by atoms with van der Waals surface area (Å²) in [6, 6.07) is 0.526. The maximum absolute atomic E-state index is 12.2. The minimum Gasteiger partial charge on any atom is -0.466 e. The Morgan fingerprint density at radius 3 is 3.00 bits per heavy atom. The van der Waals surface area contributed by atoms with Crippen LogP contribution in [0.5, 0.6) is 0 Å². The molecular weight excluding hydrogens is 298 g/mol. The predicted octanol–water partition coefficient (Wildman–Crippen LogP) is 2.10. The molecule has 2 N–H and O–H groups in total. The van der Waals surface area contributed by atoms with Crippen LogP contribution in [0.4, 0.5) is 5.13 Å². The van der Waals surface area contributed by atoms with Crippen LogP contribution < -0.4 is 5.73 Å². The summed E-state index contributed by atoms with van der Waals surface area (Å²) in [4.78, 5) is 20.5. The molecule has 3 atom stereocenters. The van der Waals surface area contributed by atoms with Crippen molar-refractivity contribution < 1.29 is 9.53 Å². The third kappa shape index (κ3) is 2.99. The molecule has 0 unspecified atom stereocenters. The van der Waals surface area contributed by atoms with Crippen LogP contribution in [0.3, 0.4) is 0 Å². The molecule has 0 radical (unpaired) electrons. The first kappa shape index (κ1) is 15.7. The Bertz CT molecular complexity index is 545. The van der Waals surface area contributed by atoms with Crippen molar-refractivity contribution in [3.8, 4) is 0 Å². The number of aromatic nitrogens is 1. The molecule has 1 aliphatic carbocycles. The summed E-state index contributed by atoms with van der Waals surface area (Å²) in [7, 11) is 0. The normalized spacial score (nSPS) is 28.0. The van der Waals surface area contributed by atoms with Gasteiger partial charge in [-0.3, -0.25) is 9.69 Å². The molecule has 0 spiro atoms. The van der Waals surface area contributed by atoms with E-state index in [2.05, 4.69) is 16.8 Å². The van der Waals surface area contributed by atoms with Gasteiger partial charge in [-0.1, -0.05) is 6.92 Å². The van der Waals surface area contributed by atoms with Gasteiger partial charge in [0.05, 0.1) is 18.2 Å².